The van der Waals surface area contributed by atoms with Gasteiger partial charge in [-0.25, -0.2) is 4.98 Å². The minimum atomic E-state index is 0.0544. The van der Waals surface area contributed by atoms with Crippen LogP contribution in [0.25, 0.3) is 0 Å². The van der Waals surface area contributed by atoms with Gasteiger partial charge in [0.15, 0.2) is 0 Å². The molecule has 0 atom stereocenters. The maximum Gasteiger partial charge on any atom is 0.224 e. The lowest BCUT2D eigenvalue weighted by Gasteiger charge is -2.06. The van der Waals surface area contributed by atoms with E-state index in [0.29, 0.717) is 19.5 Å². The van der Waals surface area contributed by atoms with E-state index >= 15 is 0 Å². The largest absolute Gasteiger partial charge is 0.378 e. The van der Waals surface area contributed by atoms with E-state index in [-0.39, 0.29) is 5.91 Å². The van der Waals surface area contributed by atoms with Crippen LogP contribution in [-0.4, -0.2) is 22.4 Å². The van der Waals surface area contributed by atoms with Gasteiger partial charge in [0.25, 0.3) is 0 Å². The normalized spacial score (nSPS) is 10.2. The minimum Gasteiger partial charge on any atom is -0.378 e. The fourth-order valence-electron chi connectivity index (χ4n) is 1.77. The van der Waals surface area contributed by atoms with Crippen molar-refractivity contribution in [1.29, 1.82) is 0 Å². The molecule has 0 radical (unpaired) electrons. The molecule has 100 valence electrons. The standard InChI is InChI=1S/C14H18N4O/c1-2-15-14(19)9-11-3-5-12(6-4-11)18-10-13-16-7-8-17-13/h3-8,18H,2,9-10H2,1H3,(H,15,19)(H,16,17). The summed E-state index contributed by atoms with van der Waals surface area (Å²) in [5.41, 5.74) is 2.02. The number of carbonyl (C=O) groups is 1. The molecule has 1 aromatic carbocycles. The van der Waals surface area contributed by atoms with E-state index in [4.69, 9.17) is 0 Å². The predicted octanol–water partition coefficient (Wildman–Crippen LogP) is 1.70. The number of nitrogens with one attached hydrogen (secondary N) is 3. The molecule has 0 spiro atoms. The van der Waals surface area contributed by atoms with Crippen LogP contribution in [0, 0.1) is 0 Å². The second kappa shape index (κ2) is 6.58. The monoisotopic (exact) mass is 258 g/mol. The summed E-state index contributed by atoms with van der Waals surface area (Å²) in [4.78, 5) is 18.6. The zero-order valence-corrected chi connectivity index (χ0v) is 10.9. The van der Waals surface area contributed by atoms with Crippen LogP contribution in [0.3, 0.4) is 0 Å². The molecule has 1 heterocycles. The zero-order chi connectivity index (χ0) is 13.5. The van der Waals surface area contributed by atoms with E-state index in [2.05, 4.69) is 20.6 Å². The fraction of sp³-hybridized carbons (Fsp3) is 0.286. The number of aromatic amines is 1. The Hall–Kier alpha value is -2.30. The lowest BCUT2D eigenvalue weighted by Crippen LogP contribution is -2.24. The predicted molar refractivity (Wildman–Crippen MR) is 74.7 cm³/mol. The SMILES string of the molecule is CCNC(=O)Cc1ccc(NCc2ncc[nH]2)cc1. The average Bonchev–Trinajstić information content (AvgIpc) is 2.91. The van der Waals surface area contributed by atoms with Gasteiger partial charge >= 0.3 is 0 Å². The lowest BCUT2D eigenvalue weighted by molar-refractivity contribution is -0.120. The minimum absolute atomic E-state index is 0.0544. The number of aromatic nitrogens is 2. The number of imidazole rings is 1. The number of anilines is 1. The van der Waals surface area contributed by atoms with Crippen molar-refractivity contribution in [2.75, 3.05) is 11.9 Å². The third-order valence-electron chi connectivity index (χ3n) is 2.71. The van der Waals surface area contributed by atoms with Crippen LogP contribution in [-0.2, 0) is 17.8 Å². The van der Waals surface area contributed by atoms with Crippen molar-refractivity contribution >= 4 is 11.6 Å². The molecule has 5 nitrogen and oxygen atoms in total. The number of nitrogens with zero attached hydrogens (tertiary/aromatic N) is 1. The Kier molecular flexibility index (Phi) is 4.55. The second-order valence-corrected chi connectivity index (χ2v) is 4.22. The summed E-state index contributed by atoms with van der Waals surface area (Å²) in [6.07, 6.45) is 3.95. The molecule has 0 saturated heterocycles. The van der Waals surface area contributed by atoms with E-state index in [9.17, 15) is 4.79 Å². The van der Waals surface area contributed by atoms with Crippen molar-refractivity contribution in [1.82, 2.24) is 15.3 Å². The first-order chi connectivity index (χ1) is 9.28. The van der Waals surface area contributed by atoms with Gasteiger partial charge in [0.1, 0.15) is 5.82 Å². The number of H-pyrrole nitrogens is 1. The van der Waals surface area contributed by atoms with Crippen LogP contribution in [0.1, 0.15) is 18.3 Å². The Balaban J connectivity index is 1.85. The van der Waals surface area contributed by atoms with Gasteiger partial charge in [0.05, 0.1) is 13.0 Å². The van der Waals surface area contributed by atoms with E-state index < -0.39 is 0 Å². The van der Waals surface area contributed by atoms with Gasteiger partial charge in [0.2, 0.25) is 5.91 Å². The van der Waals surface area contributed by atoms with Gasteiger partial charge in [-0.2, -0.15) is 0 Å². The molecule has 0 saturated carbocycles. The number of benzene rings is 1. The summed E-state index contributed by atoms with van der Waals surface area (Å²) >= 11 is 0. The molecule has 19 heavy (non-hydrogen) atoms. The van der Waals surface area contributed by atoms with Crippen LogP contribution >= 0.6 is 0 Å². The highest BCUT2D eigenvalue weighted by molar-refractivity contribution is 5.78. The maximum absolute atomic E-state index is 11.4. The fourth-order valence-corrected chi connectivity index (χ4v) is 1.77. The molecule has 0 unspecified atom stereocenters. The Morgan fingerprint density at radius 2 is 2.11 bits per heavy atom. The molecule has 0 aliphatic carbocycles. The Morgan fingerprint density at radius 3 is 2.74 bits per heavy atom. The highest BCUT2D eigenvalue weighted by atomic mass is 16.1. The third-order valence-corrected chi connectivity index (χ3v) is 2.71. The number of rotatable bonds is 6. The van der Waals surface area contributed by atoms with Crippen molar-refractivity contribution in [3.8, 4) is 0 Å². The third kappa shape index (κ3) is 4.13. The molecule has 0 aliphatic heterocycles. The Labute approximate surface area is 112 Å². The molecule has 5 heteroatoms. The summed E-state index contributed by atoms with van der Waals surface area (Å²) in [7, 11) is 0. The highest BCUT2D eigenvalue weighted by Gasteiger charge is 2.02. The number of carbonyl (C=O) groups excluding carboxylic acids is 1. The van der Waals surface area contributed by atoms with Crippen LogP contribution in [0.2, 0.25) is 0 Å². The molecule has 1 aromatic heterocycles. The molecule has 0 aliphatic rings. The van der Waals surface area contributed by atoms with Gasteiger partial charge in [-0.3, -0.25) is 4.79 Å². The van der Waals surface area contributed by atoms with Gasteiger partial charge in [-0.05, 0) is 24.6 Å². The molecule has 2 rings (SSSR count). The molecule has 1 amide bonds. The Morgan fingerprint density at radius 1 is 1.32 bits per heavy atom. The smallest absolute Gasteiger partial charge is 0.224 e. The lowest BCUT2D eigenvalue weighted by atomic mass is 10.1. The maximum atomic E-state index is 11.4. The van der Waals surface area contributed by atoms with Crippen LogP contribution in [0.4, 0.5) is 5.69 Å². The molecule has 0 bridgehead atoms. The van der Waals surface area contributed by atoms with Crippen LogP contribution in [0.5, 0.6) is 0 Å². The van der Waals surface area contributed by atoms with E-state index in [1.807, 2.05) is 31.2 Å². The van der Waals surface area contributed by atoms with Gasteiger partial charge < -0.3 is 15.6 Å². The van der Waals surface area contributed by atoms with Gasteiger partial charge in [-0.15, -0.1) is 0 Å². The van der Waals surface area contributed by atoms with Crippen LogP contribution in [0.15, 0.2) is 36.7 Å². The average molecular weight is 258 g/mol. The number of hydrogen-bond acceptors (Lipinski definition) is 3. The van der Waals surface area contributed by atoms with Crippen molar-refractivity contribution in [2.24, 2.45) is 0 Å². The molecular weight excluding hydrogens is 240 g/mol. The van der Waals surface area contributed by atoms with Crippen molar-refractivity contribution in [2.45, 2.75) is 19.9 Å². The topological polar surface area (TPSA) is 69.8 Å². The highest BCUT2D eigenvalue weighted by Crippen LogP contribution is 2.10. The molecule has 2 aromatic rings. The summed E-state index contributed by atoms with van der Waals surface area (Å²) < 4.78 is 0. The van der Waals surface area contributed by atoms with Gasteiger partial charge in [-0.1, -0.05) is 12.1 Å². The van der Waals surface area contributed by atoms with E-state index in [0.717, 1.165) is 17.1 Å². The summed E-state index contributed by atoms with van der Waals surface area (Å²) in [5.74, 6) is 0.949. The zero-order valence-electron chi connectivity index (χ0n) is 10.9. The first kappa shape index (κ1) is 13.1. The summed E-state index contributed by atoms with van der Waals surface area (Å²) in [5, 5.41) is 6.04. The second-order valence-electron chi connectivity index (χ2n) is 4.22. The van der Waals surface area contributed by atoms with Crippen molar-refractivity contribution in [3.63, 3.8) is 0 Å². The number of likely N-dealkylation sites (N-methyl/N-ethyl adjacent to an activating group) is 1. The van der Waals surface area contributed by atoms with Crippen molar-refractivity contribution in [3.05, 3.63) is 48.0 Å². The number of hydrogen-bond donors (Lipinski definition) is 3. The summed E-state index contributed by atoms with van der Waals surface area (Å²) in [6.45, 7) is 3.24. The van der Waals surface area contributed by atoms with Gasteiger partial charge in [0, 0.05) is 24.6 Å². The van der Waals surface area contributed by atoms with Crippen molar-refractivity contribution < 1.29 is 4.79 Å². The molecule has 0 fully saturated rings. The van der Waals surface area contributed by atoms with Crippen LogP contribution < -0.4 is 10.6 Å². The first-order valence-corrected chi connectivity index (χ1v) is 6.35. The number of amides is 1. The Bertz CT molecular complexity index is 505. The van der Waals surface area contributed by atoms with E-state index in [1.165, 1.54) is 0 Å². The first-order valence-electron chi connectivity index (χ1n) is 6.35. The van der Waals surface area contributed by atoms with E-state index in [1.54, 1.807) is 12.4 Å². The quantitative estimate of drug-likeness (QED) is 0.738. The molecule has 3 N–H and O–H groups in total. The summed E-state index contributed by atoms with van der Waals surface area (Å²) in [6, 6.07) is 7.86. The molecular formula is C14H18N4O.